The van der Waals surface area contributed by atoms with E-state index in [4.69, 9.17) is 14.6 Å². The number of carboxylic acids is 1. The molecule has 1 aromatic heterocycles. The minimum absolute atomic E-state index is 0.147. The molecule has 8 nitrogen and oxygen atoms in total. The van der Waals surface area contributed by atoms with E-state index in [0.29, 0.717) is 31.5 Å². The SMILES string of the molecule is O=C(O)CSc1n[nH]c(=O)n1CC1COCCO1. The Bertz CT molecular complexity index is 465. The van der Waals surface area contributed by atoms with Crippen LogP contribution in [0, 0.1) is 0 Å². The van der Waals surface area contributed by atoms with Gasteiger partial charge in [-0.25, -0.2) is 9.89 Å². The van der Waals surface area contributed by atoms with E-state index >= 15 is 0 Å². The van der Waals surface area contributed by atoms with Gasteiger partial charge in [0.15, 0.2) is 5.16 Å². The van der Waals surface area contributed by atoms with Crippen LogP contribution in [0.2, 0.25) is 0 Å². The number of carbonyl (C=O) groups is 1. The Kier molecular flexibility index (Phi) is 4.39. The van der Waals surface area contributed by atoms with Crippen molar-refractivity contribution in [3.63, 3.8) is 0 Å². The summed E-state index contributed by atoms with van der Waals surface area (Å²) in [4.78, 5) is 22.0. The lowest BCUT2D eigenvalue weighted by atomic mass is 10.3. The first kappa shape index (κ1) is 13.1. The molecule has 1 saturated heterocycles. The zero-order valence-corrected chi connectivity index (χ0v) is 10.3. The molecule has 0 amide bonds. The van der Waals surface area contributed by atoms with Gasteiger partial charge in [0.05, 0.1) is 38.2 Å². The molecule has 1 aliphatic heterocycles. The average molecular weight is 275 g/mol. The Morgan fingerprint density at radius 1 is 1.61 bits per heavy atom. The van der Waals surface area contributed by atoms with Crippen LogP contribution in [-0.2, 0) is 20.8 Å². The summed E-state index contributed by atoms with van der Waals surface area (Å²) in [5, 5.41) is 15.0. The molecule has 0 radical (unpaired) electrons. The van der Waals surface area contributed by atoms with Crippen molar-refractivity contribution >= 4 is 17.7 Å². The second-order valence-electron chi connectivity index (χ2n) is 3.67. The standard InChI is InChI=1S/C9H13N3O5S/c13-7(14)5-18-9-11-10-8(15)12(9)3-6-4-16-1-2-17-6/h6H,1-5H2,(H,10,15)(H,13,14). The number of nitrogens with zero attached hydrogens (tertiary/aromatic N) is 2. The molecular weight excluding hydrogens is 262 g/mol. The maximum Gasteiger partial charge on any atom is 0.344 e. The Balaban J connectivity index is 2.03. The minimum Gasteiger partial charge on any atom is -0.481 e. The molecule has 0 spiro atoms. The Morgan fingerprint density at radius 3 is 3.11 bits per heavy atom. The van der Waals surface area contributed by atoms with Crippen molar-refractivity contribution in [1.82, 2.24) is 14.8 Å². The summed E-state index contributed by atoms with van der Waals surface area (Å²) in [5.41, 5.74) is -0.378. The van der Waals surface area contributed by atoms with Crippen LogP contribution >= 0.6 is 11.8 Å². The number of aromatic amines is 1. The highest BCUT2D eigenvalue weighted by Crippen LogP contribution is 2.14. The lowest BCUT2D eigenvalue weighted by Crippen LogP contribution is -2.35. The molecule has 2 heterocycles. The maximum atomic E-state index is 11.5. The van der Waals surface area contributed by atoms with Crippen molar-refractivity contribution < 1.29 is 19.4 Å². The number of nitrogens with one attached hydrogen (secondary N) is 1. The first-order valence-corrected chi connectivity index (χ1v) is 6.34. The van der Waals surface area contributed by atoms with Crippen LogP contribution in [0.3, 0.4) is 0 Å². The van der Waals surface area contributed by atoms with E-state index < -0.39 is 5.97 Å². The van der Waals surface area contributed by atoms with Gasteiger partial charge in [-0.1, -0.05) is 11.8 Å². The highest BCUT2D eigenvalue weighted by molar-refractivity contribution is 7.99. The number of carboxylic acid groups (broad SMARTS) is 1. The lowest BCUT2D eigenvalue weighted by molar-refractivity contribution is -0.133. The van der Waals surface area contributed by atoms with Crippen molar-refractivity contribution in [3.05, 3.63) is 10.5 Å². The van der Waals surface area contributed by atoms with E-state index in [1.165, 1.54) is 4.57 Å². The Hall–Kier alpha value is -1.32. The van der Waals surface area contributed by atoms with Gasteiger partial charge in [-0.05, 0) is 0 Å². The highest BCUT2D eigenvalue weighted by Gasteiger charge is 2.19. The largest absolute Gasteiger partial charge is 0.481 e. The van der Waals surface area contributed by atoms with Gasteiger partial charge in [-0.3, -0.25) is 9.36 Å². The molecule has 0 aromatic carbocycles. The fraction of sp³-hybridized carbons (Fsp3) is 0.667. The molecule has 1 atom stereocenters. The summed E-state index contributed by atoms with van der Waals surface area (Å²) in [6, 6.07) is 0. The fourth-order valence-electron chi connectivity index (χ4n) is 1.55. The molecule has 100 valence electrons. The van der Waals surface area contributed by atoms with Gasteiger partial charge in [-0.15, -0.1) is 5.10 Å². The van der Waals surface area contributed by atoms with Crippen LogP contribution in [0.1, 0.15) is 0 Å². The van der Waals surface area contributed by atoms with Crippen molar-refractivity contribution in [3.8, 4) is 0 Å². The first-order valence-electron chi connectivity index (χ1n) is 5.36. The van der Waals surface area contributed by atoms with Gasteiger partial charge in [0, 0.05) is 0 Å². The number of H-pyrrole nitrogens is 1. The molecule has 18 heavy (non-hydrogen) atoms. The van der Waals surface area contributed by atoms with Crippen LogP contribution in [0.4, 0.5) is 0 Å². The van der Waals surface area contributed by atoms with Gasteiger partial charge in [-0.2, -0.15) is 0 Å². The summed E-state index contributed by atoms with van der Waals surface area (Å²) < 4.78 is 12.0. The van der Waals surface area contributed by atoms with Crippen LogP contribution < -0.4 is 5.69 Å². The zero-order valence-electron chi connectivity index (χ0n) is 9.50. The second kappa shape index (κ2) is 6.03. The number of rotatable bonds is 5. The summed E-state index contributed by atoms with van der Waals surface area (Å²) in [6.07, 6.45) is -0.210. The van der Waals surface area contributed by atoms with E-state index in [1.807, 2.05) is 0 Å². The van der Waals surface area contributed by atoms with Crippen LogP contribution in [0.25, 0.3) is 0 Å². The molecule has 2 N–H and O–H groups in total. The molecule has 0 bridgehead atoms. The average Bonchev–Trinajstić information content (AvgIpc) is 2.70. The number of aliphatic carboxylic acids is 1. The molecule has 1 aliphatic rings. The third-order valence-electron chi connectivity index (χ3n) is 2.32. The van der Waals surface area contributed by atoms with Crippen molar-refractivity contribution in [2.75, 3.05) is 25.6 Å². The second-order valence-corrected chi connectivity index (χ2v) is 4.61. The molecule has 1 aromatic rings. The van der Waals surface area contributed by atoms with Gasteiger partial charge >= 0.3 is 11.7 Å². The summed E-state index contributed by atoms with van der Waals surface area (Å²) in [5.74, 6) is -1.11. The van der Waals surface area contributed by atoms with E-state index in [0.717, 1.165) is 11.8 Å². The number of thioether (sulfide) groups is 1. The number of hydrogen-bond donors (Lipinski definition) is 2. The summed E-state index contributed by atoms with van der Waals surface area (Å²) in [6.45, 7) is 1.77. The van der Waals surface area contributed by atoms with Crippen LogP contribution in [-0.4, -0.2) is 57.5 Å². The minimum atomic E-state index is -0.959. The van der Waals surface area contributed by atoms with Crippen molar-refractivity contribution in [1.29, 1.82) is 0 Å². The van der Waals surface area contributed by atoms with E-state index in [-0.39, 0.29) is 17.5 Å². The predicted molar refractivity (Wildman–Crippen MR) is 61.8 cm³/mol. The predicted octanol–water partition coefficient (Wildman–Crippen LogP) is -0.837. The molecule has 1 fully saturated rings. The molecule has 9 heteroatoms. The van der Waals surface area contributed by atoms with E-state index in [1.54, 1.807) is 0 Å². The maximum absolute atomic E-state index is 11.5. The fourth-order valence-corrected chi connectivity index (χ4v) is 2.22. The smallest absolute Gasteiger partial charge is 0.344 e. The highest BCUT2D eigenvalue weighted by atomic mass is 32.2. The normalized spacial score (nSPS) is 19.9. The van der Waals surface area contributed by atoms with Gasteiger partial charge in [0.2, 0.25) is 0 Å². The number of aromatic nitrogens is 3. The summed E-state index contributed by atoms with van der Waals surface area (Å²) >= 11 is 0.989. The van der Waals surface area contributed by atoms with E-state index in [2.05, 4.69) is 10.2 Å². The van der Waals surface area contributed by atoms with Gasteiger partial charge in [0.1, 0.15) is 0 Å². The zero-order chi connectivity index (χ0) is 13.0. The Labute approximate surface area is 106 Å². The lowest BCUT2D eigenvalue weighted by Gasteiger charge is -2.23. The molecule has 1 unspecified atom stereocenters. The van der Waals surface area contributed by atoms with Crippen LogP contribution in [0.5, 0.6) is 0 Å². The van der Waals surface area contributed by atoms with Gasteiger partial charge in [0.25, 0.3) is 0 Å². The first-order chi connectivity index (χ1) is 8.66. The quantitative estimate of drug-likeness (QED) is 0.675. The van der Waals surface area contributed by atoms with Crippen LogP contribution in [0.15, 0.2) is 9.95 Å². The number of hydrogen-bond acceptors (Lipinski definition) is 6. The third-order valence-corrected chi connectivity index (χ3v) is 3.28. The number of ether oxygens (including phenoxy) is 2. The molecule has 2 rings (SSSR count). The molecular formula is C9H13N3O5S. The van der Waals surface area contributed by atoms with Crippen molar-refractivity contribution in [2.45, 2.75) is 17.8 Å². The topological polar surface area (TPSA) is 106 Å². The molecule has 0 saturated carbocycles. The van der Waals surface area contributed by atoms with Crippen molar-refractivity contribution in [2.24, 2.45) is 0 Å². The monoisotopic (exact) mass is 275 g/mol. The summed E-state index contributed by atoms with van der Waals surface area (Å²) in [7, 11) is 0. The molecule has 0 aliphatic carbocycles. The third kappa shape index (κ3) is 3.34. The Morgan fingerprint density at radius 2 is 2.44 bits per heavy atom. The van der Waals surface area contributed by atoms with E-state index in [9.17, 15) is 9.59 Å². The van der Waals surface area contributed by atoms with Gasteiger partial charge < -0.3 is 14.6 Å².